The first-order chi connectivity index (χ1) is 6.09. The number of hydrogen-bond donors (Lipinski definition) is 1. The van der Waals surface area contributed by atoms with Gasteiger partial charge in [0.25, 0.3) is 5.91 Å². The molecular formula is C9H10N2O2. The second-order valence-electron chi connectivity index (χ2n) is 3.44. The Hall–Kier alpha value is -1.58. The number of aromatic nitrogens is 1. The average molecular weight is 178 g/mol. The van der Waals surface area contributed by atoms with Crippen molar-refractivity contribution in [2.45, 2.75) is 19.4 Å². The standard InChI is InChI=1S/C9H10N2O2/c1-9(2)8(12)11-6-3-4-10-5-7(6)13-9/h3-5H,1-2H3,(H,11,12). The maximum Gasteiger partial charge on any atom is 0.268 e. The van der Waals surface area contributed by atoms with Crippen LogP contribution < -0.4 is 10.1 Å². The molecule has 0 fully saturated rings. The van der Waals surface area contributed by atoms with Crippen LogP contribution in [0.3, 0.4) is 0 Å². The van der Waals surface area contributed by atoms with E-state index in [-0.39, 0.29) is 5.91 Å². The third kappa shape index (κ3) is 1.24. The number of pyridine rings is 1. The van der Waals surface area contributed by atoms with Crippen molar-refractivity contribution >= 4 is 11.6 Å². The number of carbonyl (C=O) groups excluding carboxylic acids is 1. The van der Waals surface area contributed by atoms with Crippen molar-refractivity contribution < 1.29 is 9.53 Å². The molecule has 1 amide bonds. The zero-order valence-electron chi connectivity index (χ0n) is 7.50. The van der Waals surface area contributed by atoms with E-state index in [1.165, 1.54) is 0 Å². The summed E-state index contributed by atoms with van der Waals surface area (Å²) in [6, 6.07) is 1.71. The van der Waals surface area contributed by atoms with Crippen LogP contribution in [0.2, 0.25) is 0 Å². The van der Waals surface area contributed by atoms with Crippen molar-refractivity contribution in [3.63, 3.8) is 0 Å². The Balaban J connectivity index is 2.44. The van der Waals surface area contributed by atoms with Gasteiger partial charge in [0.2, 0.25) is 0 Å². The van der Waals surface area contributed by atoms with Crippen LogP contribution in [0.25, 0.3) is 0 Å². The largest absolute Gasteiger partial charge is 0.474 e. The predicted octanol–water partition coefficient (Wildman–Crippen LogP) is 1.19. The lowest BCUT2D eigenvalue weighted by molar-refractivity contribution is -0.129. The number of anilines is 1. The zero-order valence-corrected chi connectivity index (χ0v) is 7.50. The molecule has 0 aliphatic carbocycles. The van der Waals surface area contributed by atoms with Gasteiger partial charge in [-0.2, -0.15) is 0 Å². The van der Waals surface area contributed by atoms with Crippen LogP contribution in [-0.4, -0.2) is 16.5 Å². The van der Waals surface area contributed by atoms with E-state index in [0.29, 0.717) is 11.4 Å². The maximum atomic E-state index is 11.4. The van der Waals surface area contributed by atoms with Gasteiger partial charge in [-0.1, -0.05) is 0 Å². The van der Waals surface area contributed by atoms with Crippen LogP contribution >= 0.6 is 0 Å². The Morgan fingerprint density at radius 3 is 3.08 bits per heavy atom. The van der Waals surface area contributed by atoms with Crippen LogP contribution in [0.5, 0.6) is 5.75 Å². The van der Waals surface area contributed by atoms with Gasteiger partial charge in [0.15, 0.2) is 11.4 Å². The van der Waals surface area contributed by atoms with E-state index >= 15 is 0 Å². The van der Waals surface area contributed by atoms with E-state index in [1.54, 1.807) is 32.3 Å². The average Bonchev–Trinajstić information content (AvgIpc) is 2.06. The highest BCUT2D eigenvalue weighted by molar-refractivity contribution is 5.99. The fourth-order valence-corrected chi connectivity index (χ4v) is 1.16. The molecule has 1 aromatic heterocycles. The Morgan fingerprint density at radius 2 is 2.31 bits per heavy atom. The first kappa shape index (κ1) is 8.04. The minimum atomic E-state index is -0.809. The molecule has 68 valence electrons. The molecule has 13 heavy (non-hydrogen) atoms. The summed E-state index contributed by atoms with van der Waals surface area (Å²) in [5.41, 5.74) is -0.130. The Labute approximate surface area is 75.9 Å². The lowest BCUT2D eigenvalue weighted by atomic mass is 10.1. The lowest BCUT2D eigenvalue weighted by Crippen LogP contribution is -2.45. The van der Waals surface area contributed by atoms with Gasteiger partial charge in [0.05, 0.1) is 11.9 Å². The first-order valence-corrected chi connectivity index (χ1v) is 4.04. The van der Waals surface area contributed by atoms with E-state index in [9.17, 15) is 4.79 Å². The Kier molecular flexibility index (Phi) is 1.52. The van der Waals surface area contributed by atoms with Gasteiger partial charge in [-0.3, -0.25) is 9.78 Å². The highest BCUT2D eigenvalue weighted by Gasteiger charge is 2.35. The van der Waals surface area contributed by atoms with Crippen molar-refractivity contribution in [1.29, 1.82) is 0 Å². The van der Waals surface area contributed by atoms with Crippen LogP contribution in [-0.2, 0) is 4.79 Å². The van der Waals surface area contributed by atoms with Crippen LogP contribution in [0.1, 0.15) is 13.8 Å². The first-order valence-electron chi connectivity index (χ1n) is 4.04. The number of amides is 1. The Bertz CT molecular complexity index is 360. The second-order valence-corrected chi connectivity index (χ2v) is 3.44. The van der Waals surface area contributed by atoms with Gasteiger partial charge in [-0.15, -0.1) is 0 Å². The number of nitrogens with zero attached hydrogens (tertiary/aromatic N) is 1. The minimum absolute atomic E-state index is 0.133. The second kappa shape index (κ2) is 2.45. The molecule has 0 atom stereocenters. The molecule has 2 heterocycles. The number of rotatable bonds is 0. The molecule has 1 aromatic rings. The lowest BCUT2D eigenvalue weighted by Gasteiger charge is -2.30. The van der Waals surface area contributed by atoms with E-state index in [1.807, 2.05) is 0 Å². The smallest absolute Gasteiger partial charge is 0.268 e. The monoisotopic (exact) mass is 178 g/mol. The molecule has 0 aromatic carbocycles. The van der Waals surface area contributed by atoms with E-state index in [0.717, 1.165) is 0 Å². The number of carbonyl (C=O) groups is 1. The fourth-order valence-electron chi connectivity index (χ4n) is 1.16. The zero-order chi connectivity index (χ0) is 9.47. The molecule has 1 aliphatic heterocycles. The summed E-state index contributed by atoms with van der Waals surface area (Å²) in [5.74, 6) is 0.485. The summed E-state index contributed by atoms with van der Waals surface area (Å²) in [4.78, 5) is 15.3. The van der Waals surface area contributed by atoms with Crippen molar-refractivity contribution in [3.8, 4) is 5.75 Å². The van der Waals surface area contributed by atoms with Gasteiger partial charge < -0.3 is 10.1 Å². The van der Waals surface area contributed by atoms with Crippen molar-refractivity contribution in [2.24, 2.45) is 0 Å². The molecule has 0 saturated carbocycles. The third-order valence-corrected chi connectivity index (χ3v) is 1.94. The molecule has 0 radical (unpaired) electrons. The van der Waals surface area contributed by atoms with E-state index in [2.05, 4.69) is 10.3 Å². The van der Waals surface area contributed by atoms with Crippen molar-refractivity contribution in [2.75, 3.05) is 5.32 Å². The molecular weight excluding hydrogens is 168 g/mol. The molecule has 4 heteroatoms. The van der Waals surface area contributed by atoms with E-state index in [4.69, 9.17) is 4.74 Å². The maximum absolute atomic E-state index is 11.4. The van der Waals surface area contributed by atoms with Crippen molar-refractivity contribution in [1.82, 2.24) is 4.98 Å². The molecule has 1 N–H and O–H groups in total. The minimum Gasteiger partial charge on any atom is -0.474 e. The molecule has 0 bridgehead atoms. The quantitative estimate of drug-likeness (QED) is 0.649. The summed E-state index contributed by atoms with van der Waals surface area (Å²) in [5, 5.41) is 2.75. The predicted molar refractivity (Wildman–Crippen MR) is 47.6 cm³/mol. The highest BCUT2D eigenvalue weighted by atomic mass is 16.5. The summed E-state index contributed by atoms with van der Waals surface area (Å²) in [7, 11) is 0. The van der Waals surface area contributed by atoms with Gasteiger partial charge in [-0.25, -0.2) is 0 Å². The molecule has 0 unspecified atom stereocenters. The highest BCUT2D eigenvalue weighted by Crippen LogP contribution is 2.31. The topological polar surface area (TPSA) is 51.2 Å². The summed E-state index contributed by atoms with van der Waals surface area (Å²) >= 11 is 0. The van der Waals surface area contributed by atoms with Gasteiger partial charge in [0, 0.05) is 6.20 Å². The fraction of sp³-hybridized carbons (Fsp3) is 0.333. The summed E-state index contributed by atoms with van der Waals surface area (Å²) in [6.45, 7) is 3.44. The van der Waals surface area contributed by atoms with Crippen LogP contribution in [0, 0.1) is 0 Å². The third-order valence-electron chi connectivity index (χ3n) is 1.94. The summed E-state index contributed by atoms with van der Waals surface area (Å²) in [6.07, 6.45) is 3.21. The Morgan fingerprint density at radius 1 is 1.54 bits per heavy atom. The van der Waals surface area contributed by atoms with Crippen LogP contribution in [0.4, 0.5) is 5.69 Å². The van der Waals surface area contributed by atoms with Gasteiger partial charge in [-0.05, 0) is 19.9 Å². The van der Waals surface area contributed by atoms with Crippen LogP contribution in [0.15, 0.2) is 18.5 Å². The number of ether oxygens (including phenoxy) is 1. The van der Waals surface area contributed by atoms with Gasteiger partial charge in [0.1, 0.15) is 0 Å². The number of hydrogen-bond acceptors (Lipinski definition) is 3. The summed E-state index contributed by atoms with van der Waals surface area (Å²) < 4.78 is 5.46. The number of fused-ring (bicyclic) bond motifs is 1. The van der Waals surface area contributed by atoms with Gasteiger partial charge >= 0.3 is 0 Å². The molecule has 4 nitrogen and oxygen atoms in total. The SMILES string of the molecule is CC1(C)Oc2cnccc2NC1=O. The number of nitrogens with one attached hydrogen (secondary N) is 1. The van der Waals surface area contributed by atoms with E-state index < -0.39 is 5.60 Å². The molecule has 0 spiro atoms. The molecule has 1 aliphatic rings. The molecule has 2 rings (SSSR count). The normalized spacial score (nSPS) is 18.5. The van der Waals surface area contributed by atoms with Crippen molar-refractivity contribution in [3.05, 3.63) is 18.5 Å². The molecule has 0 saturated heterocycles.